The molecule has 1 N–H and O–H groups in total. The number of carbonyl (C=O) groups excluding carboxylic acids is 1. The van der Waals surface area contributed by atoms with Crippen molar-refractivity contribution in [3.05, 3.63) is 52.3 Å². The van der Waals surface area contributed by atoms with E-state index >= 15 is 0 Å². The molecule has 112 valence electrons. The summed E-state index contributed by atoms with van der Waals surface area (Å²) in [5, 5.41) is 5.92. The second-order valence-corrected chi connectivity index (χ2v) is 4.62. The zero-order chi connectivity index (χ0) is 15.5. The number of ether oxygens (including phenoxy) is 1. The van der Waals surface area contributed by atoms with E-state index in [0.29, 0.717) is 10.6 Å². The summed E-state index contributed by atoms with van der Waals surface area (Å²) in [6, 6.07) is 7.51. The van der Waals surface area contributed by atoms with Gasteiger partial charge in [-0.2, -0.15) is 18.3 Å². The summed E-state index contributed by atoms with van der Waals surface area (Å²) >= 11 is 6.04. The van der Waals surface area contributed by atoms with Crippen LogP contribution in [0.2, 0.25) is 5.02 Å². The van der Waals surface area contributed by atoms with Gasteiger partial charge in [0.1, 0.15) is 6.61 Å². The van der Waals surface area contributed by atoms with E-state index in [1.54, 1.807) is 24.3 Å². The SMILES string of the molecule is O=COCC(c1cc(C(F)(F)F)n[nH]1)c1ccccc1Cl. The highest BCUT2D eigenvalue weighted by atomic mass is 35.5. The van der Waals surface area contributed by atoms with Gasteiger partial charge in [0.2, 0.25) is 0 Å². The van der Waals surface area contributed by atoms with Crippen LogP contribution < -0.4 is 0 Å². The molecule has 0 fully saturated rings. The molecule has 1 atom stereocenters. The highest BCUT2D eigenvalue weighted by Crippen LogP contribution is 2.33. The molecule has 0 spiro atoms. The number of hydrogen-bond donors (Lipinski definition) is 1. The largest absolute Gasteiger partial charge is 0.467 e. The van der Waals surface area contributed by atoms with Gasteiger partial charge in [0.25, 0.3) is 6.47 Å². The number of halogens is 4. The van der Waals surface area contributed by atoms with Crippen LogP contribution >= 0.6 is 11.6 Å². The lowest BCUT2D eigenvalue weighted by molar-refractivity contribution is -0.141. The summed E-state index contributed by atoms with van der Waals surface area (Å²) in [6.45, 7) is 0.0810. The second-order valence-electron chi connectivity index (χ2n) is 4.21. The molecular weight excluding hydrogens is 309 g/mol. The number of nitrogens with one attached hydrogen (secondary N) is 1. The molecule has 2 rings (SSSR count). The molecule has 0 bridgehead atoms. The predicted molar refractivity (Wildman–Crippen MR) is 68.9 cm³/mol. The van der Waals surface area contributed by atoms with Gasteiger partial charge in [-0.25, -0.2) is 0 Å². The number of hydrogen-bond acceptors (Lipinski definition) is 3. The molecule has 8 heteroatoms. The average molecular weight is 319 g/mol. The van der Waals surface area contributed by atoms with Crippen molar-refractivity contribution in [2.24, 2.45) is 0 Å². The Morgan fingerprint density at radius 3 is 2.67 bits per heavy atom. The van der Waals surface area contributed by atoms with E-state index < -0.39 is 17.8 Å². The fourth-order valence-corrected chi connectivity index (χ4v) is 2.17. The molecule has 1 unspecified atom stereocenters. The summed E-state index contributed by atoms with van der Waals surface area (Å²) in [7, 11) is 0. The van der Waals surface area contributed by atoms with Crippen LogP contribution in [0.15, 0.2) is 30.3 Å². The normalized spacial score (nSPS) is 13.0. The van der Waals surface area contributed by atoms with Crippen LogP contribution in [0, 0.1) is 0 Å². The molecule has 0 radical (unpaired) electrons. The van der Waals surface area contributed by atoms with Gasteiger partial charge in [-0.1, -0.05) is 29.8 Å². The van der Waals surface area contributed by atoms with Gasteiger partial charge in [0.15, 0.2) is 5.69 Å². The predicted octanol–water partition coefficient (Wildman–Crippen LogP) is 3.39. The minimum Gasteiger partial charge on any atom is -0.467 e. The molecule has 1 heterocycles. The third-order valence-electron chi connectivity index (χ3n) is 2.88. The van der Waals surface area contributed by atoms with E-state index in [2.05, 4.69) is 14.9 Å². The Balaban J connectivity index is 2.39. The van der Waals surface area contributed by atoms with Gasteiger partial charge in [0.05, 0.1) is 5.92 Å². The van der Waals surface area contributed by atoms with Crippen molar-refractivity contribution in [2.45, 2.75) is 12.1 Å². The smallest absolute Gasteiger partial charge is 0.435 e. The Hall–Kier alpha value is -2.02. The summed E-state index contributed by atoms with van der Waals surface area (Å²) in [6.07, 6.45) is -4.55. The standard InChI is InChI=1S/C13H10ClF3N2O2/c14-10-4-2-1-3-8(10)9(6-21-7-20)11-5-12(19-18-11)13(15,16)17/h1-5,7,9H,6H2,(H,18,19). The van der Waals surface area contributed by atoms with Crippen molar-refractivity contribution in [2.75, 3.05) is 6.61 Å². The van der Waals surface area contributed by atoms with Gasteiger partial charge in [0, 0.05) is 10.7 Å². The molecular formula is C13H10ClF3N2O2. The van der Waals surface area contributed by atoms with E-state index in [4.69, 9.17) is 11.6 Å². The van der Waals surface area contributed by atoms with E-state index in [9.17, 15) is 18.0 Å². The summed E-state index contributed by atoms with van der Waals surface area (Å²) in [5.41, 5.74) is -0.337. The van der Waals surface area contributed by atoms with Crippen LogP contribution in [0.1, 0.15) is 22.9 Å². The Morgan fingerprint density at radius 2 is 2.10 bits per heavy atom. The van der Waals surface area contributed by atoms with Gasteiger partial charge < -0.3 is 4.74 Å². The lowest BCUT2D eigenvalue weighted by Gasteiger charge is -2.15. The number of benzene rings is 1. The van der Waals surface area contributed by atoms with Gasteiger partial charge in [-0.05, 0) is 17.7 Å². The number of aromatic amines is 1. The Kier molecular flexibility index (Phi) is 4.52. The Morgan fingerprint density at radius 1 is 1.38 bits per heavy atom. The van der Waals surface area contributed by atoms with Crippen molar-refractivity contribution in [3.8, 4) is 0 Å². The number of carbonyl (C=O) groups is 1. The van der Waals surface area contributed by atoms with Crippen LogP contribution in [0.3, 0.4) is 0 Å². The van der Waals surface area contributed by atoms with E-state index in [-0.39, 0.29) is 18.8 Å². The molecule has 4 nitrogen and oxygen atoms in total. The molecule has 0 amide bonds. The van der Waals surface area contributed by atoms with E-state index in [0.717, 1.165) is 6.07 Å². The number of rotatable bonds is 5. The maximum atomic E-state index is 12.6. The highest BCUT2D eigenvalue weighted by molar-refractivity contribution is 6.31. The maximum absolute atomic E-state index is 12.6. The number of nitrogens with zero attached hydrogens (tertiary/aromatic N) is 1. The fourth-order valence-electron chi connectivity index (χ4n) is 1.90. The first kappa shape index (κ1) is 15.4. The third-order valence-corrected chi connectivity index (χ3v) is 3.22. The maximum Gasteiger partial charge on any atom is 0.435 e. The van der Waals surface area contributed by atoms with Gasteiger partial charge in [-0.3, -0.25) is 9.89 Å². The van der Waals surface area contributed by atoms with E-state index in [1.807, 2.05) is 0 Å². The molecule has 0 saturated heterocycles. The molecule has 0 aliphatic carbocycles. The topological polar surface area (TPSA) is 55.0 Å². The quantitative estimate of drug-likeness (QED) is 0.860. The first-order chi connectivity index (χ1) is 9.93. The number of alkyl halides is 3. The number of H-pyrrole nitrogens is 1. The van der Waals surface area contributed by atoms with Crippen molar-refractivity contribution in [1.29, 1.82) is 0 Å². The lowest BCUT2D eigenvalue weighted by Crippen LogP contribution is -2.10. The van der Waals surface area contributed by atoms with E-state index in [1.165, 1.54) is 0 Å². The minimum atomic E-state index is -4.55. The summed E-state index contributed by atoms with van der Waals surface area (Å²) < 4.78 is 42.5. The van der Waals surface area contributed by atoms with Crippen molar-refractivity contribution >= 4 is 18.1 Å². The van der Waals surface area contributed by atoms with Crippen molar-refractivity contribution in [3.63, 3.8) is 0 Å². The average Bonchev–Trinajstić information content (AvgIpc) is 2.91. The monoisotopic (exact) mass is 318 g/mol. The molecule has 21 heavy (non-hydrogen) atoms. The highest BCUT2D eigenvalue weighted by Gasteiger charge is 2.35. The zero-order valence-corrected chi connectivity index (χ0v) is 11.3. The molecule has 0 aliphatic rings. The first-order valence-electron chi connectivity index (χ1n) is 5.85. The molecule has 1 aromatic carbocycles. The molecule has 0 aliphatic heterocycles. The van der Waals surface area contributed by atoms with Crippen LogP contribution in [0.4, 0.5) is 13.2 Å². The van der Waals surface area contributed by atoms with Crippen molar-refractivity contribution in [1.82, 2.24) is 10.2 Å². The lowest BCUT2D eigenvalue weighted by atomic mass is 9.96. The Bertz CT molecular complexity index is 628. The zero-order valence-electron chi connectivity index (χ0n) is 10.5. The van der Waals surface area contributed by atoms with Crippen molar-refractivity contribution < 1.29 is 22.7 Å². The van der Waals surface area contributed by atoms with Crippen LogP contribution in [0.25, 0.3) is 0 Å². The summed E-state index contributed by atoms with van der Waals surface area (Å²) in [5.74, 6) is -0.660. The fraction of sp³-hybridized carbons (Fsp3) is 0.231. The first-order valence-corrected chi connectivity index (χ1v) is 6.23. The van der Waals surface area contributed by atoms with Gasteiger partial charge in [-0.15, -0.1) is 0 Å². The van der Waals surface area contributed by atoms with Crippen LogP contribution in [0.5, 0.6) is 0 Å². The van der Waals surface area contributed by atoms with Crippen LogP contribution in [-0.2, 0) is 15.7 Å². The molecule has 0 saturated carbocycles. The molecule has 2 aromatic rings. The summed E-state index contributed by atoms with van der Waals surface area (Å²) in [4.78, 5) is 10.4. The third kappa shape index (κ3) is 3.55. The van der Waals surface area contributed by atoms with Crippen LogP contribution in [-0.4, -0.2) is 23.3 Å². The number of aromatic nitrogens is 2. The van der Waals surface area contributed by atoms with Gasteiger partial charge >= 0.3 is 6.18 Å². The Labute approximate surface area is 122 Å². The second kappa shape index (κ2) is 6.17. The minimum absolute atomic E-state index is 0.146. The molecule has 1 aromatic heterocycles.